The minimum atomic E-state index is -0.0640. The van der Waals surface area contributed by atoms with E-state index in [1.807, 2.05) is 0 Å². The lowest BCUT2D eigenvalue weighted by Gasteiger charge is -2.32. The van der Waals surface area contributed by atoms with E-state index in [1.54, 1.807) is 0 Å². The number of hydrogen-bond acceptors (Lipinski definition) is 3. The van der Waals surface area contributed by atoms with E-state index in [1.165, 1.54) is 55.7 Å². The van der Waals surface area contributed by atoms with Crippen molar-refractivity contribution in [2.45, 2.75) is 125 Å². The zero-order chi connectivity index (χ0) is 26.0. The van der Waals surface area contributed by atoms with Gasteiger partial charge in [-0.05, 0) is 74.0 Å². The molecule has 0 spiro atoms. The standard InChI is InChI=1S/C29H42O3.C3H8/c1-5-9-24(26(6-2)27(31)14-19(3)30)16-22-17-25-13-12-23(15-21-10-7-8-11-21)20(4)29(25)28(32)18-22;1-3-2/h12-13,21-22,24,26H,5-11,14-18H2,1-4H3;3H2,1-2H3. The zero-order valence-electron chi connectivity index (χ0n) is 23.4. The molecule has 2 aliphatic rings. The first-order valence-electron chi connectivity index (χ1n) is 14.4. The molecule has 1 saturated carbocycles. The van der Waals surface area contributed by atoms with Crippen molar-refractivity contribution < 1.29 is 14.4 Å². The van der Waals surface area contributed by atoms with Gasteiger partial charge < -0.3 is 0 Å². The topological polar surface area (TPSA) is 51.2 Å². The van der Waals surface area contributed by atoms with Crippen LogP contribution in [0, 0.1) is 30.6 Å². The van der Waals surface area contributed by atoms with Gasteiger partial charge in [0.05, 0.1) is 6.42 Å². The molecule has 0 amide bonds. The van der Waals surface area contributed by atoms with E-state index in [-0.39, 0.29) is 29.8 Å². The van der Waals surface area contributed by atoms with Crippen LogP contribution in [-0.2, 0) is 22.4 Å². The molecule has 3 unspecified atom stereocenters. The third kappa shape index (κ3) is 8.40. The number of ketones is 3. The fourth-order valence-electron chi connectivity index (χ4n) is 6.51. The van der Waals surface area contributed by atoms with Gasteiger partial charge in [-0.2, -0.15) is 0 Å². The molecule has 0 aromatic heterocycles. The van der Waals surface area contributed by atoms with Crippen molar-refractivity contribution in [3.05, 3.63) is 34.4 Å². The number of carbonyl (C=O) groups is 3. The normalized spacial score (nSPS) is 19.5. The molecule has 0 heterocycles. The van der Waals surface area contributed by atoms with Crippen molar-refractivity contribution >= 4 is 17.3 Å². The maximum atomic E-state index is 13.3. The molecule has 0 saturated heterocycles. The largest absolute Gasteiger partial charge is 0.300 e. The minimum Gasteiger partial charge on any atom is -0.300 e. The van der Waals surface area contributed by atoms with Gasteiger partial charge in [-0.15, -0.1) is 0 Å². The maximum Gasteiger partial charge on any atom is 0.163 e. The number of rotatable bonds is 11. The van der Waals surface area contributed by atoms with Crippen LogP contribution in [0.15, 0.2) is 12.1 Å². The fourth-order valence-corrected chi connectivity index (χ4v) is 6.51. The Labute approximate surface area is 214 Å². The van der Waals surface area contributed by atoms with Crippen LogP contribution in [0.1, 0.15) is 132 Å². The van der Waals surface area contributed by atoms with Crippen LogP contribution in [0.3, 0.4) is 0 Å². The first-order chi connectivity index (χ1) is 16.7. The molecule has 0 bridgehead atoms. The Balaban J connectivity index is 0.00000137. The molecule has 0 radical (unpaired) electrons. The average molecular weight is 483 g/mol. The molecule has 1 fully saturated rings. The second-order valence-corrected chi connectivity index (χ2v) is 11.3. The van der Waals surface area contributed by atoms with Crippen molar-refractivity contribution in [2.24, 2.45) is 23.7 Å². The van der Waals surface area contributed by atoms with Crippen LogP contribution >= 0.6 is 0 Å². The molecule has 35 heavy (non-hydrogen) atoms. The molecule has 3 nitrogen and oxygen atoms in total. The van der Waals surface area contributed by atoms with E-state index >= 15 is 0 Å². The van der Waals surface area contributed by atoms with Gasteiger partial charge in [0.2, 0.25) is 0 Å². The highest BCUT2D eigenvalue weighted by atomic mass is 16.1. The molecule has 3 rings (SSSR count). The molecule has 0 N–H and O–H groups in total. The van der Waals surface area contributed by atoms with E-state index in [0.29, 0.717) is 18.1 Å². The van der Waals surface area contributed by atoms with E-state index in [4.69, 9.17) is 0 Å². The van der Waals surface area contributed by atoms with Gasteiger partial charge in [0.1, 0.15) is 11.6 Å². The van der Waals surface area contributed by atoms with Crippen molar-refractivity contribution in [3.8, 4) is 0 Å². The summed E-state index contributed by atoms with van der Waals surface area (Å²) >= 11 is 0. The summed E-state index contributed by atoms with van der Waals surface area (Å²) in [4.78, 5) is 37.5. The predicted molar refractivity (Wildman–Crippen MR) is 146 cm³/mol. The highest BCUT2D eigenvalue weighted by Crippen LogP contribution is 2.38. The molecule has 0 aliphatic heterocycles. The Hall–Kier alpha value is -1.77. The summed E-state index contributed by atoms with van der Waals surface area (Å²) in [5.74, 6) is 1.62. The second kappa shape index (κ2) is 14.7. The Bertz CT molecular complexity index is 847. The Morgan fingerprint density at radius 2 is 1.66 bits per heavy atom. The summed E-state index contributed by atoms with van der Waals surface area (Å²) < 4.78 is 0. The van der Waals surface area contributed by atoms with Crippen LogP contribution in [0.4, 0.5) is 0 Å². The summed E-state index contributed by atoms with van der Waals surface area (Å²) in [5, 5.41) is 0. The second-order valence-electron chi connectivity index (χ2n) is 11.3. The third-order valence-electron chi connectivity index (χ3n) is 8.05. The molecule has 3 heteroatoms. The quantitative estimate of drug-likeness (QED) is 0.298. The number of Topliss-reactive ketones (excluding diaryl/α,β-unsaturated/α-hetero) is 3. The lowest BCUT2D eigenvalue weighted by Crippen LogP contribution is -2.30. The lowest BCUT2D eigenvalue weighted by atomic mass is 9.71. The fraction of sp³-hybridized carbons (Fsp3) is 0.719. The third-order valence-corrected chi connectivity index (χ3v) is 8.05. The maximum absolute atomic E-state index is 13.3. The Morgan fingerprint density at radius 1 is 1.00 bits per heavy atom. The molecule has 1 aromatic rings. The first kappa shape index (κ1) is 29.5. The number of carbonyl (C=O) groups excluding carboxylic acids is 3. The monoisotopic (exact) mass is 482 g/mol. The van der Waals surface area contributed by atoms with Crippen LogP contribution in [0.2, 0.25) is 0 Å². The van der Waals surface area contributed by atoms with Crippen LogP contribution in [-0.4, -0.2) is 17.3 Å². The van der Waals surface area contributed by atoms with Gasteiger partial charge in [0.25, 0.3) is 0 Å². The van der Waals surface area contributed by atoms with E-state index in [0.717, 1.165) is 50.0 Å². The van der Waals surface area contributed by atoms with Crippen LogP contribution in [0.25, 0.3) is 0 Å². The van der Waals surface area contributed by atoms with Gasteiger partial charge in [-0.25, -0.2) is 0 Å². The van der Waals surface area contributed by atoms with E-state index in [2.05, 4.69) is 46.8 Å². The average Bonchev–Trinajstić information content (AvgIpc) is 3.29. The minimum absolute atomic E-state index is 0.0469. The van der Waals surface area contributed by atoms with Crippen LogP contribution < -0.4 is 0 Å². The predicted octanol–water partition coefficient (Wildman–Crippen LogP) is 8.27. The number of hydrogen-bond donors (Lipinski definition) is 0. The molecular weight excluding hydrogens is 432 g/mol. The summed E-state index contributed by atoms with van der Waals surface area (Å²) in [6.45, 7) is 12.1. The lowest BCUT2D eigenvalue weighted by molar-refractivity contribution is -0.129. The number of fused-ring (bicyclic) bond motifs is 1. The van der Waals surface area contributed by atoms with Gasteiger partial charge in [-0.3, -0.25) is 14.4 Å². The molecule has 3 atom stereocenters. The van der Waals surface area contributed by atoms with Crippen molar-refractivity contribution in [1.82, 2.24) is 0 Å². The SMILES string of the molecule is CCC.CCCC(CC1CC(=O)c2c(ccc(CC3CCCC3)c2C)C1)C(CC)C(=O)CC(C)=O. The highest BCUT2D eigenvalue weighted by Gasteiger charge is 2.33. The Kier molecular flexibility index (Phi) is 12.4. The van der Waals surface area contributed by atoms with Crippen molar-refractivity contribution in [3.63, 3.8) is 0 Å². The molecule has 1 aromatic carbocycles. The van der Waals surface area contributed by atoms with Gasteiger partial charge in [-0.1, -0.05) is 84.8 Å². The molecule has 2 aliphatic carbocycles. The van der Waals surface area contributed by atoms with Crippen LogP contribution in [0.5, 0.6) is 0 Å². The zero-order valence-corrected chi connectivity index (χ0v) is 23.4. The van der Waals surface area contributed by atoms with Crippen molar-refractivity contribution in [2.75, 3.05) is 0 Å². The van der Waals surface area contributed by atoms with Gasteiger partial charge >= 0.3 is 0 Å². The van der Waals surface area contributed by atoms with Gasteiger partial charge in [0, 0.05) is 17.9 Å². The first-order valence-corrected chi connectivity index (χ1v) is 14.4. The van der Waals surface area contributed by atoms with Crippen molar-refractivity contribution in [1.29, 1.82) is 0 Å². The van der Waals surface area contributed by atoms with Gasteiger partial charge in [0.15, 0.2) is 5.78 Å². The summed E-state index contributed by atoms with van der Waals surface area (Å²) in [5.41, 5.74) is 4.78. The summed E-state index contributed by atoms with van der Waals surface area (Å²) in [6.07, 6.45) is 13.0. The summed E-state index contributed by atoms with van der Waals surface area (Å²) in [7, 11) is 0. The molecular formula is C32H50O3. The highest BCUT2D eigenvalue weighted by molar-refractivity contribution is 6.00. The summed E-state index contributed by atoms with van der Waals surface area (Å²) in [6, 6.07) is 4.49. The van der Waals surface area contributed by atoms with E-state index < -0.39 is 0 Å². The Morgan fingerprint density at radius 3 is 2.23 bits per heavy atom. The molecule has 196 valence electrons. The number of benzene rings is 1. The van der Waals surface area contributed by atoms with E-state index in [9.17, 15) is 14.4 Å². The smallest absolute Gasteiger partial charge is 0.163 e.